The molecule has 3 nitrogen and oxygen atoms in total. The fourth-order valence-electron chi connectivity index (χ4n) is 2.31. The van der Waals surface area contributed by atoms with Crippen LogP contribution in [0.3, 0.4) is 0 Å². The second-order valence-corrected chi connectivity index (χ2v) is 4.94. The van der Waals surface area contributed by atoms with Crippen LogP contribution in [-0.4, -0.2) is 29.4 Å². The Morgan fingerprint density at radius 2 is 2.16 bits per heavy atom. The van der Waals surface area contributed by atoms with Crippen LogP contribution in [0.1, 0.15) is 31.6 Å². The fraction of sp³-hybridized carbons (Fsp3) is 0.615. The zero-order valence-corrected chi connectivity index (χ0v) is 10.7. The summed E-state index contributed by atoms with van der Waals surface area (Å²) in [7, 11) is 0. The average molecular weight is 274 g/mol. The molecule has 2 heterocycles. The maximum absolute atomic E-state index is 12.7. The van der Waals surface area contributed by atoms with Gasteiger partial charge < -0.3 is 10.0 Å². The third kappa shape index (κ3) is 3.37. The van der Waals surface area contributed by atoms with Gasteiger partial charge in [-0.25, -0.2) is 0 Å². The first-order valence-electron chi connectivity index (χ1n) is 6.33. The number of hydrogen-bond acceptors (Lipinski definition) is 3. The Morgan fingerprint density at radius 1 is 1.42 bits per heavy atom. The van der Waals surface area contributed by atoms with Gasteiger partial charge in [-0.3, -0.25) is 4.98 Å². The van der Waals surface area contributed by atoms with Crippen molar-refractivity contribution in [1.82, 2.24) is 4.98 Å². The van der Waals surface area contributed by atoms with E-state index in [1.165, 1.54) is 6.20 Å². The molecule has 1 N–H and O–H groups in total. The number of hydrogen-bond donors (Lipinski definition) is 1. The molecule has 0 aliphatic carbocycles. The van der Waals surface area contributed by atoms with Crippen molar-refractivity contribution in [2.24, 2.45) is 5.92 Å². The van der Waals surface area contributed by atoms with Crippen molar-refractivity contribution in [3.8, 4) is 0 Å². The lowest BCUT2D eigenvalue weighted by atomic mass is 9.97. The number of rotatable bonds is 2. The summed E-state index contributed by atoms with van der Waals surface area (Å²) in [5, 5.41) is 9.35. The van der Waals surface area contributed by atoms with E-state index in [-0.39, 0.29) is 13.0 Å². The first kappa shape index (κ1) is 14.1. The Kier molecular flexibility index (Phi) is 3.99. The van der Waals surface area contributed by atoms with Gasteiger partial charge in [0.1, 0.15) is 0 Å². The van der Waals surface area contributed by atoms with Gasteiger partial charge in [0.15, 0.2) is 0 Å². The van der Waals surface area contributed by atoms with E-state index in [1.54, 1.807) is 24.0 Å². The van der Waals surface area contributed by atoms with Crippen LogP contribution in [0.15, 0.2) is 18.3 Å². The number of aromatic nitrogens is 1. The zero-order chi connectivity index (χ0) is 14.0. The molecule has 1 unspecified atom stereocenters. The second kappa shape index (κ2) is 5.36. The summed E-state index contributed by atoms with van der Waals surface area (Å²) in [4.78, 5) is 5.78. The molecule has 0 radical (unpaired) electrons. The van der Waals surface area contributed by atoms with Gasteiger partial charge in [-0.1, -0.05) is 0 Å². The lowest BCUT2D eigenvalue weighted by Crippen LogP contribution is -2.41. The summed E-state index contributed by atoms with van der Waals surface area (Å²) >= 11 is 0. The summed E-state index contributed by atoms with van der Waals surface area (Å²) < 4.78 is 38.2. The molecule has 106 valence electrons. The quantitative estimate of drug-likeness (QED) is 0.900. The van der Waals surface area contributed by atoms with Gasteiger partial charge in [-0.15, -0.1) is 0 Å². The molecular weight excluding hydrogens is 257 g/mol. The number of alkyl halides is 3. The number of aliphatic hydroxyl groups excluding tert-OH is 1. The smallest absolute Gasteiger partial charge is 0.387 e. The van der Waals surface area contributed by atoms with Crippen LogP contribution in [0.2, 0.25) is 0 Å². The molecule has 0 amide bonds. The Labute approximate surface area is 110 Å². The molecule has 1 aromatic rings. The Bertz CT molecular complexity index is 417. The van der Waals surface area contributed by atoms with Gasteiger partial charge in [0.05, 0.1) is 29.6 Å². The van der Waals surface area contributed by atoms with Crippen molar-refractivity contribution in [3.05, 3.63) is 24.0 Å². The SMILES string of the molecule is C[C@H](O)c1ccc(N2CCCC(C(F)(F)F)C2)cn1. The van der Waals surface area contributed by atoms with E-state index in [0.29, 0.717) is 24.3 Å². The van der Waals surface area contributed by atoms with Gasteiger partial charge in [-0.2, -0.15) is 13.2 Å². The van der Waals surface area contributed by atoms with Crippen molar-refractivity contribution in [1.29, 1.82) is 0 Å². The number of piperidine rings is 1. The van der Waals surface area contributed by atoms with Crippen LogP contribution in [-0.2, 0) is 0 Å². The number of pyridine rings is 1. The maximum atomic E-state index is 12.7. The minimum Gasteiger partial charge on any atom is -0.387 e. The van der Waals surface area contributed by atoms with Gasteiger partial charge in [0.2, 0.25) is 0 Å². The Balaban J connectivity index is 2.09. The highest BCUT2D eigenvalue weighted by molar-refractivity contribution is 5.45. The van der Waals surface area contributed by atoms with E-state index >= 15 is 0 Å². The van der Waals surface area contributed by atoms with E-state index in [4.69, 9.17) is 0 Å². The monoisotopic (exact) mass is 274 g/mol. The molecule has 19 heavy (non-hydrogen) atoms. The minimum atomic E-state index is -4.13. The number of nitrogens with zero attached hydrogens (tertiary/aromatic N) is 2. The molecule has 0 saturated carbocycles. The summed E-state index contributed by atoms with van der Waals surface area (Å²) in [5.74, 6) is -1.27. The van der Waals surface area contributed by atoms with E-state index in [1.807, 2.05) is 0 Å². The molecule has 1 aliphatic rings. The van der Waals surface area contributed by atoms with Crippen molar-refractivity contribution >= 4 is 5.69 Å². The van der Waals surface area contributed by atoms with Crippen LogP contribution in [0.4, 0.5) is 18.9 Å². The van der Waals surface area contributed by atoms with Crippen LogP contribution in [0.25, 0.3) is 0 Å². The summed E-state index contributed by atoms with van der Waals surface area (Å²) in [5.41, 5.74) is 1.20. The third-order valence-electron chi connectivity index (χ3n) is 3.45. The highest BCUT2D eigenvalue weighted by atomic mass is 19.4. The minimum absolute atomic E-state index is 0.0147. The maximum Gasteiger partial charge on any atom is 0.393 e. The van der Waals surface area contributed by atoms with E-state index in [0.717, 1.165) is 0 Å². The van der Waals surface area contributed by atoms with E-state index in [2.05, 4.69) is 4.98 Å². The van der Waals surface area contributed by atoms with Crippen LogP contribution >= 0.6 is 0 Å². The van der Waals surface area contributed by atoms with Gasteiger partial charge >= 0.3 is 6.18 Å². The summed E-state index contributed by atoms with van der Waals surface area (Å²) in [6.45, 7) is 2.20. The molecule has 6 heteroatoms. The van der Waals surface area contributed by atoms with Crippen LogP contribution < -0.4 is 4.90 Å². The zero-order valence-electron chi connectivity index (χ0n) is 10.7. The molecule has 2 rings (SSSR count). The van der Waals surface area contributed by atoms with Gasteiger partial charge in [0.25, 0.3) is 0 Å². The third-order valence-corrected chi connectivity index (χ3v) is 3.45. The largest absolute Gasteiger partial charge is 0.393 e. The molecule has 0 aromatic carbocycles. The molecule has 1 aromatic heterocycles. The van der Waals surface area contributed by atoms with E-state index in [9.17, 15) is 18.3 Å². The summed E-state index contributed by atoms with van der Waals surface area (Å²) in [6, 6.07) is 3.37. The van der Waals surface area contributed by atoms with Crippen LogP contribution in [0.5, 0.6) is 0 Å². The predicted octanol–water partition coefficient (Wildman–Crippen LogP) is 2.91. The van der Waals surface area contributed by atoms with Crippen LogP contribution in [0, 0.1) is 5.92 Å². The first-order valence-corrected chi connectivity index (χ1v) is 6.33. The van der Waals surface area contributed by atoms with Gasteiger partial charge in [-0.05, 0) is 31.9 Å². The number of aliphatic hydroxyl groups is 1. The molecule has 0 spiro atoms. The summed E-state index contributed by atoms with van der Waals surface area (Å²) in [6.07, 6.45) is -2.55. The van der Waals surface area contributed by atoms with Crippen molar-refractivity contribution < 1.29 is 18.3 Å². The van der Waals surface area contributed by atoms with Crippen molar-refractivity contribution in [3.63, 3.8) is 0 Å². The van der Waals surface area contributed by atoms with E-state index < -0.39 is 18.2 Å². The highest BCUT2D eigenvalue weighted by Gasteiger charge is 2.41. The number of anilines is 1. The topological polar surface area (TPSA) is 36.4 Å². The second-order valence-electron chi connectivity index (χ2n) is 4.94. The molecule has 2 atom stereocenters. The molecule has 0 bridgehead atoms. The Morgan fingerprint density at radius 3 is 2.68 bits per heavy atom. The average Bonchev–Trinajstić information content (AvgIpc) is 2.38. The molecular formula is C13H17F3N2O. The molecule has 1 fully saturated rings. The highest BCUT2D eigenvalue weighted by Crippen LogP contribution is 2.34. The first-order chi connectivity index (χ1) is 8.88. The van der Waals surface area contributed by atoms with Crippen molar-refractivity contribution in [2.75, 3.05) is 18.0 Å². The molecule has 1 saturated heterocycles. The lowest BCUT2D eigenvalue weighted by Gasteiger charge is -2.35. The van der Waals surface area contributed by atoms with Crippen molar-refractivity contribution in [2.45, 2.75) is 32.0 Å². The molecule has 1 aliphatic heterocycles. The normalized spacial score (nSPS) is 22.4. The fourth-order valence-corrected chi connectivity index (χ4v) is 2.31. The lowest BCUT2D eigenvalue weighted by molar-refractivity contribution is -0.175. The number of halogens is 3. The standard InChI is InChI=1S/C13H17F3N2O/c1-9(19)12-5-4-11(7-17-12)18-6-2-3-10(8-18)13(14,15)16/h4-5,7,9-10,19H,2-3,6,8H2,1H3/t9-,10?/m0/s1. The predicted molar refractivity (Wildman–Crippen MR) is 65.9 cm³/mol. The Hall–Kier alpha value is -1.30. The van der Waals surface area contributed by atoms with Gasteiger partial charge in [0, 0.05) is 13.1 Å².